The van der Waals surface area contributed by atoms with Crippen LogP contribution >= 0.6 is 0 Å². The molecule has 128 valence electrons. The van der Waals surface area contributed by atoms with Crippen LogP contribution in [0.4, 0.5) is 0 Å². The standard InChI is InChI=1S/C20H30O3/c1-6-23-12-9-15(18(21)22)14-7-8-16-17(13-14)20(4,5)11-10-19(16,2)3/h7-8,13,15H,6,9-12H2,1-5H3,(H,21,22)/t15-/m0/s1. The number of carbonyl (C=O) groups is 1. The zero-order valence-corrected chi connectivity index (χ0v) is 15.1. The molecule has 0 aromatic heterocycles. The molecule has 1 N–H and O–H groups in total. The maximum Gasteiger partial charge on any atom is 0.311 e. The van der Waals surface area contributed by atoms with Crippen LogP contribution in [-0.4, -0.2) is 24.3 Å². The molecule has 1 aromatic carbocycles. The first-order valence-electron chi connectivity index (χ1n) is 8.64. The van der Waals surface area contributed by atoms with E-state index in [1.54, 1.807) is 0 Å². The number of rotatable bonds is 6. The Hall–Kier alpha value is -1.35. The van der Waals surface area contributed by atoms with E-state index in [0.29, 0.717) is 19.6 Å². The van der Waals surface area contributed by atoms with Gasteiger partial charge in [-0.15, -0.1) is 0 Å². The summed E-state index contributed by atoms with van der Waals surface area (Å²) in [4.78, 5) is 11.7. The summed E-state index contributed by atoms with van der Waals surface area (Å²) in [5.41, 5.74) is 3.85. The van der Waals surface area contributed by atoms with Crippen molar-refractivity contribution in [3.05, 3.63) is 34.9 Å². The van der Waals surface area contributed by atoms with Gasteiger partial charge in [0.2, 0.25) is 0 Å². The van der Waals surface area contributed by atoms with Gasteiger partial charge < -0.3 is 9.84 Å². The zero-order valence-electron chi connectivity index (χ0n) is 15.1. The lowest BCUT2D eigenvalue weighted by Crippen LogP contribution is -2.34. The quantitative estimate of drug-likeness (QED) is 0.778. The first-order valence-corrected chi connectivity index (χ1v) is 8.64. The molecular weight excluding hydrogens is 288 g/mol. The van der Waals surface area contributed by atoms with Crippen LogP contribution in [0.5, 0.6) is 0 Å². The van der Waals surface area contributed by atoms with Crippen LogP contribution in [0, 0.1) is 0 Å². The van der Waals surface area contributed by atoms with Gasteiger partial charge in [-0.25, -0.2) is 0 Å². The van der Waals surface area contributed by atoms with E-state index in [0.717, 1.165) is 12.0 Å². The fourth-order valence-electron chi connectivity index (χ4n) is 3.60. The summed E-state index contributed by atoms with van der Waals surface area (Å²) in [6.45, 7) is 12.1. The van der Waals surface area contributed by atoms with E-state index >= 15 is 0 Å². The van der Waals surface area contributed by atoms with Crippen LogP contribution < -0.4 is 0 Å². The van der Waals surface area contributed by atoms with Crippen LogP contribution in [0.1, 0.15) is 76.5 Å². The van der Waals surface area contributed by atoms with E-state index < -0.39 is 11.9 Å². The number of aliphatic carboxylic acids is 1. The van der Waals surface area contributed by atoms with Crippen molar-refractivity contribution in [2.24, 2.45) is 0 Å². The summed E-state index contributed by atoms with van der Waals surface area (Å²) >= 11 is 0. The van der Waals surface area contributed by atoms with Gasteiger partial charge in [-0.1, -0.05) is 45.9 Å². The Balaban J connectivity index is 2.39. The lowest BCUT2D eigenvalue weighted by Gasteiger charge is -2.42. The fraction of sp³-hybridized carbons (Fsp3) is 0.650. The van der Waals surface area contributed by atoms with Crippen LogP contribution in [-0.2, 0) is 20.4 Å². The van der Waals surface area contributed by atoms with Crippen molar-refractivity contribution in [2.75, 3.05) is 13.2 Å². The number of hydrogen-bond donors (Lipinski definition) is 1. The molecule has 1 aliphatic carbocycles. The fourth-order valence-corrected chi connectivity index (χ4v) is 3.60. The Morgan fingerprint density at radius 3 is 2.35 bits per heavy atom. The number of ether oxygens (including phenoxy) is 1. The lowest BCUT2D eigenvalue weighted by atomic mass is 9.62. The number of hydrogen-bond acceptors (Lipinski definition) is 2. The number of carboxylic acids is 1. The lowest BCUT2D eigenvalue weighted by molar-refractivity contribution is -0.139. The molecule has 0 fully saturated rings. The summed E-state index contributed by atoms with van der Waals surface area (Å²) in [6, 6.07) is 6.30. The van der Waals surface area contributed by atoms with Crippen molar-refractivity contribution in [1.29, 1.82) is 0 Å². The van der Waals surface area contributed by atoms with Gasteiger partial charge in [0.05, 0.1) is 5.92 Å². The molecule has 0 saturated heterocycles. The van der Waals surface area contributed by atoms with Gasteiger partial charge in [0, 0.05) is 13.2 Å². The molecule has 3 nitrogen and oxygen atoms in total. The summed E-state index contributed by atoms with van der Waals surface area (Å²) in [5, 5.41) is 9.61. The van der Waals surface area contributed by atoms with Crippen LogP contribution in [0.25, 0.3) is 0 Å². The number of fused-ring (bicyclic) bond motifs is 1. The summed E-state index contributed by atoms with van der Waals surface area (Å²) in [5.74, 6) is -1.26. The molecule has 0 aliphatic heterocycles. The molecule has 0 saturated carbocycles. The number of benzene rings is 1. The third-order valence-electron chi connectivity index (χ3n) is 5.33. The Labute approximate surface area is 140 Å². The molecule has 0 amide bonds. The van der Waals surface area contributed by atoms with Crippen molar-refractivity contribution in [3.63, 3.8) is 0 Å². The van der Waals surface area contributed by atoms with E-state index in [4.69, 9.17) is 4.74 Å². The van der Waals surface area contributed by atoms with Crippen molar-refractivity contribution >= 4 is 5.97 Å². The largest absolute Gasteiger partial charge is 0.481 e. The Kier molecular flexibility index (Phi) is 5.20. The first-order chi connectivity index (χ1) is 10.7. The predicted molar refractivity (Wildman–Crippen MR) is 93.2 cm³/mol. The minimum Gasteiger partial charge on any atom is -0.481 e. The Morgan fingerprint density at radius 2 is 1.78 bits per heavy atom. The minimum atomic E-state index is -0.766. The van der Waals surface area contributed by atoms with Crippen LogP contribution in [0.3, 0.4) is 0 Å². The third-order valence-corrected chi connectivity index (χ3v) is 5.33. The molecule has 1 aromatic rings. The Bertz CT molecular complexity index is 572. The molecule has 0 unspecified atom stereocenters. The molecule has 2 rings (SSSR count). The second-order valence-electron chi connectivity index (χ2n) is 7.95. The first kappa shape index (κ1) is 18.0. The van der Waals surface area contributed by atoms with Gasteiger partial charge in [0.25, 0.3) is 0 Å². The maximum atomic E-state index is 11.7. The molecule has 23 heavy (non-hydrogen) atoms. The normalized spacial score (nSPS) is 19.9. The van der Waals surface area contributed by atoms with Gasteiger partial charge >= 0.3 is 5.97 Å². The van der Waals surface area contributed by atoms with E-state index in [-0.39, 0.29) is 10.8 Å². The average molecular weight is 318 g/mol. The molecule has 0 bridgehead atoms. The van der Waals surface area contributed by atoms with Crippen LogP contribution in [0.2, 0.25) is 0 Å². The third kappa shape index (κ3) is 3.77. The van der Waals surface area contributed by atoms with Crippen LogP contribution in [0.15, 0.2) is 18.2 Å². The zero-order chi connectivity index (χ0) is 17.3. The van der Waals surface area contributed by atoms with Crippen molar-refractivity contribution in [2.45, 2.75) is 70.6 Å². The van der Waals surface area contributed by atoms with E-state index in [2.05, 4.69) is 39.8 Å². The van der Waals surface area contributed by atoms with Crippen molar-refractivity contribution < 1.29 is 14.6 Å². The molecule has 0 spiro atoms. The van der Waals surface area contributed by atoms with Gasteiger partial charge in [-0.05, 0) is 53.7 Å². The molecular formula is C20H30O3. The van der Waals surface area contributed by atoms with Gasteiger partial charge in [0.1, 0.15) is 0 Å². The van der Waals surface area contributed by atoms with Crippen molar-refractivity contribution in [1.82, 2.24) is 0 Å². The molecule has 0 heterocycles. The van der Waals surface area contributed by atoms with E-state index in [1.807, 2.05) is 13.0 Å². The average Bonchev–Trinajstić information content (AvgIpc) is 2.48. The van der Waals surface area contributed by atoms with E-state index in [9.17, 15) is 9.90 Å². The second kappa shape index (κ2) is 6.64. The minimum absolute atomic E-state index is 0.101. The molecule has 3 heteroatoms. The predicted octanol–water partition coefficient (Wildman–Crippen LogP) is 4.63. The molecule has 0 radical (unpaired) electrons. The monoisotopic (exact) mass is 318 g/mol. The smallest absolute Gasteiger partial charge is 0.311 e. The molecule has 1 atom stereocenters. The Morgan fingerprint density at radius 1 is 1.17 bits per heavy atom. The SMILES string of the molecule is CCOCC[C@H](C(=O)O)c1ccc2c(c1)C(C)(C)CCC2(C)C. The summed E-state index contributed by atoms with van der Waals surface area (Å²) in [6.07, 6.45) is 2.82. The summed E-state index contributed by atoms with van der Waals surface area (Å²) < 4.78 is 5.36. The second-order valence-corrected chi connectivity index (χ2v) is 7.95. The van der Waals surface area contributed by atoms with Gasteiger partial charge in [0.15, 0.2) is 0 Å². The maximum absolute atomic E-state index is 11.7. The van der Waals surface area contributed by atoms with Gasteiger partial charge in [-0.3, -0.25) is 4.79 Å². The molecule has 1 aliphatic rings. The summed E-state index contributed by atoms with van der Waals surface area (Å²) in [7, 11) is 0. The highest BCUT2D eigenvalue weighted by Gasteiger charge is 2.37. The number of carboxylic acid groups (broad SMARTS) is 1. The highest BCUT2D eigenvalue weighted by molar-refractivity contribution is 5.76. The highest BCUT2D eigenvalue weighted by Crippen LogP contribution is 2.46. The van der Waals surface area contributed by atoms with Crippen molar-refractivity contribution in [3.8, 4) is 0 Å². The van der Waals surface area contributed by atoms with E-state index in [1.165, 1.54) is 17.5 Å². The highest BCUT2D eigenvalue weighted by atomic mass is 16.5. The van der Waals surface area contributed by atoms with Gasteiger partial charge in [-0.2, -0.15) is 0 Å². The topological polar surface area (TPSA) is 46.5 Å².